The number of carbonyl (C=O) groups excluding carboxylic acids is 1. The van der Waals surface area contributed by atoms with Crippen LogP contribution in [0.4, 0.5) is 11.5 Å². The summed E-state index contributed by atoms with van der Waals surface area (Å²) in [5, 5.41) is 4.29. The molecule has 4 rings (SSSR count). The smallest absolute Gasteiger partial charge is 0.257 e. The van der Waals surface area contributed by atoms with Crippen molar-refractivity contribution in [2.24, 2.45) is 7.05 Å². The molecule has 0 saturated carbocycles. The lowest BCUT2D eigenvalue weighted by molar-refractivity contribution is 0.0303. The second kappa shape index (κ2) is 7.52. The summed E-state index contributed by atoms with van der Waals surface area (Å²) in [4.78, 5) is 19.4. The number of nitrogens with one attached hydrogen (secondary N) is 1. The van der Waals surface area contributed by atoms with E-state index in [1.165, 1.54) is 0 Å². The van der Waals surface area contributed by atoms with Crippen LogP contribution in [0.25, 0.3) is 10.9 Å². The number of nitrogens with zero attached hydrogens (tertiary/aromatic N) is 3. The molecule has 1 aromatic carbocycles. The quantitative estimate of drug-likeness (QED) is 0.753. The second-order valence-corrected chi connectivity index (χ2v) is 6.92. The monoisotopic (exact) mass is 380 g/mol. The van der Waals surface area contributed by atoms with Gasteiger partial charge >= 0.3 is 0 Å². The van der Waals surface area contributed by atoms with E-state index < -0.39 is 0 Å². The van der Waals surface area contributed by atoms with Crippen molar-refractivity contribution in [3.8, 4) is 5.75 Å². The molecule has 0 spiro atoms. The van der Waals surface area contributed by atoms with E-state index in [0.29, 0.717) is 31.9 Å². The van der Waals surface area contributed by atoms with Crippen molar-refractivity contribution in [2.45, 2.75) is 6.92 Å². The first kappa shape index (κ1) is 18.3. The van der Waals surface area contributed by atoms with E-state index in [-0.39, 0.29) is 5.91 Å². The van der Waals surface area contributed by atoms with E-state index in [4.69, 9.17) is 9.47 Å². The Morgan fingerprint density at radius 2 is 2.04 bits per heavy atom. The first-order valence-corrected chi connectivity index (χ1v) is 9.31. The predicted molar refractivity (Wildman–Crippen MR) is 108 cm³/mol. The third-order valence-electron chi connectivity index (χ3n) is 5.09. The molecule has 3 aromatic rings. The number of ether oxygens (including phenoxy) is 2. The Morgan fingerprint density at radius 1 is 1.25 bits per heavy atom. The Morgan fingerprint density at radius 3 is 2.75 bits per heavy atom. The molecule has 7 heteroatoms. The zero-order valence-electron chi connectivity index (χ0n) is 16.4. The van der Waals surface area contributed by atoms with Gasteiger partial charge in [-0.25, -0.2) is 4.98 Å². The number of fused-ring (bicyclic) bond motifs is 1. The van der Waals surface area contributed by atoms with E-state index >= 15 is 0 Å². The van der Waals surface area contributed by atoms with E-state index in [2.05, 4.69) is 10.3 Å². The van der Waals surface area contributed by atoms with Crippen LogP contribution in [0.15, 0.2) is 36.7 Å². The summed E-state index contributed by atoms with van der Waals surface area (Å²) in [6.45, 7) is 4.36. The number of anilines is 2. The first-order valence-electron chi connectivity index (χ1n) is 9.31. The molecule has 1 saturated heterocycles. The molecule has 3 heterocycles. The lowest BCUT2D eigenvalue weighted by Gasteiger charge is -2.27. The van der Waals surface area contributed by atoms with Crippen molar-refractivity contribution in [2.75, 3.05) is 38.7 Å². The number of amides is 1. The van der Waals surface area contributed by atoms with Gasteiger partial charge in [0.1, 0.15) is 11.6 Å². The highest BCUT2D eigenvalue weighted by molar-refractivity contribution is 6.08. The molecule has 1 aliphatic rings. The van der Waals surface area contributed by atoms with Crippen LogP contribution in [0.5, 0.6) is 5.75 Å². The lowest BCUT2D eigenvalue weighted by atomic mass is 10.1. The predicted octanol–water partition coefficient (Wildman–Crippen LogP) is 3.11. The van der Waals surface area contributed by atoms with E-state index in [1.54, 1.807) is 13.3 Å². The largest absolute Gasteiger partial charge is 0.496 e. The van der Waals surface area contributed by atoms with Crippen LogP contribution in [0.1, 0.15) is 15.9 Å². The summed E-state index contributed by atoms with van der Waals surface area (Å²) in [6, 6.07) is 7.88. The fourth-order valence-electron chi connectivity index (χ4n) is 3.60. The number of rotatable bonds is 4. The van der Waals surface area contributed by atoms with Crippen molar-refractivity contribution in [3.05, 3.63) is 47.8 Å². The van der Waals surface area contributed by atoms with Crippen LogP contribution in [0.2, 0.25) is 0 Å². The average Bonchev–Trinajstić information content (AvgIpc) is 3.11. The van der Waals surface area contributed by atoms with Crippen LogP contribution in [-0.4, -0.2) is 53.8 Å². The van der Waals surface area contributed by atoms with Gasteiger partial charge in [0.05, 0.1) is 31.4 Å². The Bertz CT molecular complexity index is 1020. The summed E-state index contributed by atoms with van der Waals surface area (Å²) >= 11 is 0. The number of hydrogen-bond acceptors (Lipinski definition) is 5. The van der Waals surface area contributed by atoms with Gasteiger partial charge in [-0.3, -0.25) is 4.79 Å². The molecule has 2 aromatic heterocycles. The van der Waals surface area contributed by atoms with Crippen molar-refractivity contribution in [3.63, 3.8) is 0 Å². The third-order valence-corrected chi connectivity index (χ3v) is 5.09. The Labute approximate surface area is 163 Å². The number of carbonyl (C=O) groups is 1. The average molecular weight is 380 g/mol. The zero-order chi connectivity index (χ0) is 19.7. The van der Waals surface area contributed by atoms with Gasteiger partial charge in [0, 0.05) is 43.6 Å². The maximum Gasteiger partial charge on any atom is 0.257 e. The maximum absolute atomic E-state index is 13.0. The SMILES string of the molecule is COc1ccc(Nc2ncc(C(=O)N3CCOCC3)c3c2ccn3C)cc1C. The molecule has 0 unspecified atom stereocenters. The molecule has 0 aliphatic carbocycles. The van der Waals surface area contributed by atoms with Crippen molar-refractivity contribution >= 4 is 28.3 Å². The summed E-state index contributed by atoms with van der Waals surface area (Å²) in [5.41, 5.74) is 3.44. The van der Waals surface area contributed by atoms with E-state index in [0.717, 1.165) is 33.7 Å². The lowest BCUT2D eigenvalue weighted by Crippen LogP contribution is -2.40. The number of benzene rings is 1. The van der Waals surface area contributed by atoms with Crippen LogP contribution >= 0.6 is 0 Å². The molecule has 1 N–H and O–H groups in total. The zero-order valence-corrected chi connectivity index (χ0v) is 16.4. The van der Waals surface area contributed by atoms with Crippen molar-refractivity contribution in [1.29, 1.82) is 0 Å². The second-order valence-electron chi connectivity index (χ2n) is 6.92. The minimum atomic E-state index is -0.00515. The minimum Gasteiger partial charge on any atom is -0.496 e. The summed E-state index contributed by atoms with van der Waals surface area (Å²) in [7, 11) is 3.61. The van der Waals surface area contributed by atoms with Gasteiger partial charge in [-0.1, -0.05) is 0 Å². The van der Waals surface area contributed by atoms with Gasteiger partial charge in [-0.15, -0.1) is 0 Å². The van der Waals surface area contributed by atoms with Gasteiger partial charge in [-0.2, -0.15) is 0 Å². The molecular formula is C21H24N4O3. The number of methoxy groups -OCH3 is 1. The standard InChI is InChI=1S/C21H24N4O3/c1-14-12-15(4-5-18(14)27-3)23-20-16-6-7-24(2)19(16)17(13-22-20)21(26)25-8-10-28-11-9-25/h4-7,12-13H,8-11H2,1-3H3,(H,22,23). The maximum atomic E-state index is 13.0. The number of hydrogen-bond donors (Lipinski definition) is 1. The van der Waals surface area contributed by atoms with Crippen LogP contribution in [-0.2, 0) is 11.8 Å². The first-order chi connectivity index (χ1) is 13.6. The summed E-state index contributed by atoms with van der Waals surface area (Å²) in [5.74, 6) is 1.56. The highest BCUT2D eigenvalue weighted by atomic mass is 16.5. The van der Waals surface area contributed by atoms with Gasteiger partial charge in [0.2, 0.25) is 0 Å². The fraction of sp³-hybridized carbons (Fsp3) is 0.333. The van der Waals surface area contributed by atoms with Crippen LogP contribution < -0.4 is 10.1 Å². The molecule has 1 aliphatic heterocycles. The van der Waals surface area contributed by atoms with Crippen LogP contribution in [0, 0.1) is 6.92 Å². The molecule has 1 fully saturated rings. The van der Waals surface area contributed by atoms with E-state index in [9.17, 15) is 4.79 Å². The van der Waals surface area contributed by atoms with E-state index in [1.807, 2.05) is 53.9 Å². The number of morpholine rings is 1. The normalized spacial score (nSPS) is 14.3. The van der Waals surface area contributed by atoms with Crippen molar-refractivity contribution in [1.82, 2.24) is 14.5 Å². The van der Waals surface area contributed by atoms with Gasteiger partial charge in [0.15, 0.2) is 0 Å². The molecule has 146 valence electrons. The van der Waals surface area contributed by atoms with Crippen LogP contribution in [0.3, 0.4) is 0 Å². The third kappa shape index (κ3) is 3.29. The highest BCUT2D eigenvalue weighted by Gasteiger charge is 2.23. The molecule has 0 bridgehead atoms. The Hall–Kier alpha value is -3.06. The molecule has 28 heavy (non-hydrogen) atoms. The number of aryl methyl sites for hydroxylation is 2. The fourth-order valence-corrected chi connectivity index (χ4v) is 3.60. The van der Waals surface area contributed by atoms with Gasteiger partial charge in [0.25, 0.3) is 5.91 Å². The number of aromatic nitrogens is 2. The summed E-state index contributed by atoms with van der Waals surface area (Å²) < 4.78 is 12.7. The Balaban J connectivity index is 1.70. The molecule has 0 atom stereocenters. The molecule has 7 nitrogen and oxygen atoms in total. The minimum absolute atomic E-state index is 0.00515. The van der Waals surface area contributed by atoms with Crippen molar-refractivity contribution < 1.29 is 14.3 Å². The van der Waals surface area contributed by atoms with Gasteiger partial charge < -0.3 is 24.3 Å². The highest BCUT2D eigenvalue weighted by Crippen LogP contribution is 2.30. The Kier molecular flexibility index (Phi) is 4.92. The number of pyridine rings is 1. The van der Waals surface area contributed by atoms with Gasteiger partial charge in [-0.05, 0) is 36.8 Å². The molecule has 1 amide bonds. The topological polar surface area (TPSA) is 68.6 Å². The molecular weight excluding hydrogens is 356 g/mol. The summed E-state index contributed by atoms with van der Waals surface area (Å²) in [6.07, 6.45) is 3.62. The molecule has 0 radical (unpaired) electrons.